The topological polar surface area (TPSA) is 107 Å². The van der Waals surface area contributed by atoms with Crippen LogP contribution in [0.3, 0.4) is 0 Å². The van der Waals surface area contributed by atoms with E-state index in [1.165, 1.54) is 172 Å². The first-order chi connectivity index (χ1) is 69.2. The molecule has 8 aliphatic heterocycles. The lowest BCUT2D eigenvalue weighted by Crippen LogP contribution is -2.23. The fourth-order valence-corrected chi connectivity index (χ4v) is 13.8. The summed E-state index contributed by atoms with van der Waals surface area (Å²) in [4.78, 5) is 15.1. The van der Waals surface area contributed by atoms with Crippen molar-refractivity contribution in [2.75, 3.05) is 48.7 Å². The number of hydrogen-bond acceptors (Lipinski definition) is 9. The van der Waals surface area contributed by atoms with E-state index in [9.17, 15) is 0 Å². The Morgan fingerprint density at radius 3 is 0.750 bits per heavy atom. The van der Waals surface area contributed by atoms with Gasteiger partial charge in [0.05, 0.1) is 6.61 Å². The maximum Gasteiger partial charge on any atom is 0.122 e. The first kappa shape index (κ1) is 170. The molecule has 0 radical (unpaired) electrons. The predicted octanol–water partition coefficient (Wildman–Crippen LogP) is 44.1. The van der Waals surface area contributed by atoms with Gasteiger partial charge >= 0.3 is 0 Å². The molecule has 4 N–H and O–H groups in total. The zero-order valence-electron chi connectivity index (χ0n) is 93.7. The molecule has 0 amide bonds. The molecule has 0 unspecified atom stereocenters. The molecule has 0 bridgehead atoms. The summed E-state index contributed by atoms with van der Waals surface area (Å²) in [5.74, 6) is 1.07. The van der Waals surface area contributed by atoms with Crippen molar-refractivity contribution in [2.24, 2.45) is 15.0 Å². The predicted molar refractivity (Wildman–Crippen MR) is 696 cm³/mol. The SMILES string of the molecule is C.C.C.C.C.C.C.C.C.C1=CCC=C1.C1=CN=CC1.C1=CN=CC1.C1=CN=CC1.CC.CC.CC.CC.CC.CC.CC.CC.CC.CC.CC.CC.CC.CC.c1ccc2c(c1)CCC2.c1ccc2c(c1)CCCC2.c1ccc2c(c1)CCCCC2.c1ccc2c(c1)CCCCN2.c1ccc2c(c1)CCCN2.c1ccc2c(c1)CCN2.c1ccc2c(c1)CCNC2.c1ccc2c(c1)CCO2.c1ccccc1.c1ccncc1. The second-order valence-corrected chi connectivity index (χ2v) is 28.0. The molecule has 0 fully saturated rings. The van der Waals surface area contributed by atoms with Crippen molar-refractivity contribution in [2.45, 2.75) is 421 Å². The largest absolute Gasteiger partial charge is 0.493 e. The zero-order valence-corrected chi connectivity index (χ0v) is 93.7. The molecule has 22 rings (SSSR count). The van der Waals surface area contributed by atoms with Crippen molar-refractivity contribution < 1.29 is 4.74 Å². The van der Waals surface area contributed by atoms with Crippen LogP contribution in [-0.4, -0.2) is 56.4 Å². The number of aryl methyl sites for hydroxylation is 8. The second kappa shape index (κ2) is 142. The van der Waals surface area contributed by atoms with Crippen LogP contribution in [0.1, 0.15) is 411 Å². The first-order valence-electron chi connectivity index (χ1n) is 55.0. The summed E-state index contributed by atoms with van der Waals surface area (Å²) < 4.78 is 5.30. The van der Waals surface area contributed by atoms with Gasteiger partial charge in [-0.2, -0.15) is 0 Å². The Hall–Kier alpha value is -11.0. The van der Waals surface area contributed by atoms with Gasteiger partial charge in [0.1, 0.15) is 5.75 Å². The van der Waals surface area contributed by atoms with E-state index in [0.717, 1.165) is 77.2 Å². The highest BCUT2D eigenvalue weighted by Gasteiger charge is 2.12. The Morgan fingerprint density at radius 1 is 0.203 bits per heavy atom. The van der Waals surface area contributed by atoms with Gasteiger partial charge in [0.15, 0.2) is 0 Å². The standard InChI is InChI=1S/C11H14.C10H13N.C10H12.2C9H11N.C9H10.C8H9N.C8H8O.C6H6.C5H5N.C5H6.3C4H5N.14C2H6.9CH4/c1-2-6-10-8-4-5-9-11(10)7-3-1;1-2-7-10-9(5-1)6-3-4-8-11-10;1-2-6-10-8-4-3-7-9(10)5-1;1-2-6-9-8(4-1)5-3-7-10-9;1-2-4-9-7-10-6-5-8(9)3-1;1-2-5-9-7-3-6-8(9)4-1;2*1-2-4-8-7(3-1)5-6-9-8;2*1-2-4-6-5-3-1;4*1-2-4-5-3-1;14*1-2;;;;;;;;;/h4-5,8-9H,1-3,6-7H2;1-2,5,7,11H,3-4,6,8H2;1-2,5-6H,3-4,7-8H2;1-2,4,6,10H,3,5,7H2;1-4,10H,5-7H2;1-2,4-5H,3,6-7H2;1-4,9H,5-6H2;1-4H,5-6H2;1-6H;1-5H;1-4H,5H2;3*1,3-4H,2H2;14*1-2H3;9*1H4. The van der Waals surface area contributed by atoms with E-state index in [4.69, 9.17) is 4.74 Å². The number of anilines is 3. The maximum absolute atomic E-state index is 5.30. The van der Waals surface area contributed by atoms with Gasteiger partial charge in [-0.3, -0.25) is 20.0 Å². The molecule has 9 heterocycles. The van der Waals surface area contributed by atoms with Crippen LogP contribution in [0.5, 0.6) is 5.75 Å². The Bertz CT molecular complexity index is 3700. The summed E-state index contributed by atoms with van der Waals surface area (Å²) in [6.07, 6.45) is 59.1. The van der Waals surface area contributed by atoms with Gasteiger partial charge in [0, 0.05) is 119 Å². The lowest BCUT2D eigenvalue weighted by atomic mass is 9.92. The molecule has 4 aliphatic carbocycles. The molecule has 842 valence electrons. The molecule has 12 aliphatic rings. The Labute approximate surface area is 924 Å². The smallest absolute Gasteiger partial charge is 0.122 e. The number of ether oxygens (including phenoxy) is 1. The number of aromatic nitrogens is 1. The van der Waals surface area contributed by atoms with Crippen LogP contribution in [0.25, 0.3) is 0 Å². The lowest BCUT2D eigenvalue weighted by Gasteiger charge is -2.16. The minimum absolute atomic E-state index is 0. The van der Waals surface area contributed by atoms with E-state index in [0.29, 0.717) is 0 Å². The number of allylic oxidation sites excluding steroid dienone is 7. The van der Waals surface area contributed by atoms with Gasteiger partial charge in [-0.05, 0) is 232 Å². The van der Waals surface area contributed by atoms with Crippen molar-refractivity contribution in [1.29, 1.82) is 0 Å². The van der Waals surface area contributed by atoms with Gasteiger partial charge in [0.25, 0.3) is 0 Å². The third-order valence-electron chi connectivity index (χ3n) is 19.8. The Morgan fingerprint density at radius 2 is 0.459 bits per heavy atom. The van der Waals surface area contributed by atoms with Crippen LogP contribution in [0.4, 0.5) is 17.1 Å². The number of aliphatic imine (C=N–C) groups is 3. The van der Waals surface area contributed by atoms with E-state index in [1.54, 1.807) is 64.4 Å². The molecule has 0 atom stereocenters. The van der Waals surface area contributed by atoms with E-state index in [2.05, 4.69) is 241 Å². The van der Waals surface area contributed by atoms with Gasteiger partial charge in [-0.15, -0.1) is 0 Å². The molecule has 148 heavy (non-hydrogen) atoms. The zero-order chi connectivity index (χ0) is 104. The minimum Gasteiger partial charge on any atom is -0.493 e. The third kappa shape index (κ3) is 90.1. The van der Waals surface area contributed by atoms with Gasteiger partial charge in [-0.1, -0.05) is 522 Å². The van der Waals surface area contributed by atoms with Crippen molar-refractivity contribution in [3.8, 4) is 5.75 Å². The fourth-order valence-electron chi connectivity index (χ4n) is 13.8. The highest BCUT2D eigenvalue weighted by Crippen LogP contribution is 2.27. The summed E-state index contributed by atoms with van der Waals surface area (Å²) in [7, 11) is 0. The number of fused-ring (bicyclic) bond motifs is 8. The van der Waals surface area contributed by atoms with Crippen molar-refractivity contribution in [1.82, 2.24) is 10.3 Å². The number of para-hydroxylation sites is 4. The van der Waals surface area contributed by atoms with Crippen LogP contribution in [0, 0.1) is 0 Å². The molecular weight excluding hydrogens is 1800 g/mol. The number of hydrogen-bond donors (Lipinski definition) is 4. The van der Waals surface area contributed by atoms with E-state index in [-0.39, 0.29) is 66.8 Å². The Balaban J connectivity index is -0.0000000972. The van der Waals surface area contributed by atoms with Gasteiger partial charge in [0.2, 0.25) is 0 Å². The van der Waals surface area contributed by atoms with Crippen LogP contribution in [0.15, 0.2) is 337 Å². The van der Waals surface area contributed by atoms with Gasteiger partial charge in [-0.25, -0.2) is 0 Å². The average Bonchev–Trinajstić information content (AvgIpc) is 1.38. The monoisotopic (exact) mass is 2040 g/mol. The molecule has 9 nitrogen and oxygen atoms in total. The summed E-state index contributed by atoms with van der Waals surface area (Å²) in [5.41, 5.74) is 22.2. The van der Waals surface area contributed by atoms with Crippen molar-refractivity contribution in [3.63, 3.8) is 0 Å². The molecule has 1 aromatic heterocycles. The third-order valence-corrected chi connectivity index (χ3v) is 19.8. The summed E-state index contributed by atoms with van der Waals surface area (Å²) in [5, 5.41) is 13.4. The quantitative estimate of drug-likeness (QED) is 0.113. The lowest BCUT2D eigenvalue weighted by molar-refractivity contribution is 0.357. The van der Waals surface area contributed by atoms with Crippen LogP contribution in [-0.2, 0) is 77.2 Å². The minimum atomic E-state index is 0. The molecular formula is C139H240N8O. The second-order valence-electron chi connectivity index (χ2n) is 28.0. The van der Waals surface area contributed by atoms with E-state index < -0.39 is 0 Å². The summed E-state index contributed by atoms with van der Waals surface area (Å²) >= 11 is 0. The van der Waals surface area contributed by atoms with Crippen molar-refractivity contribution in [3.05, 3.63) is 389 Å². The van der Waals surface area contributed by atoms with Crippen LogP contribution in [0.2, 0.25) is 0 Å². The van der Waals surface area contributed by atoms with Gasteiger partial charge < -0.3 is 26.0 Å². The Kier molecular flexibility index (Phi) is 164. The molecule has 0 saturated heterocycles. The van der Waals surface area contributed by atoms with E-state index in [1.807, 2.05) is 304 Å². The molecule has 9 heteroatoms. The van der Waals surface area contributed by atoms with Crippen molar-refractivity contribution >= 4 is 35.7 Å². The number of pyridine rings is 1. The normalized spacial score (nSPS) is 12.1. The number of nitrogens with one attached hydrogen (secondary N) is 4. The summed E-state index contributed by atoms with van der Waals surface area (Å²) in [6, 6.07) is 86.5. The van der Waals surface area contributed by atoms with Crippen LogP contribution >= 0.6 is 0 Å². The number of rotatable bonds is 0. The maximum atomic E-state index is 5.30. The molecule has 10 aromatic rings. The number of benzene rings is 9. The first-order valence-corrected chi connectivity index (χ1v) is 55.0. The fraction of sp³-hybridized carbons (Fsp3) is 0.482. The van der Waals surface area contributed by atoms with Crippen LogP contribution < -0.4 is 26.0 Å². The van der Waals surface area contributed by atoms with E-state index >= 15 is 0 Å². The highest BCUT2D eigenvalue weighted by molar-refractivity contribution is 5.64. The molecule has 0 spiro atoms. The number of nitrogens with zero attached hydrogens (tertiary/aromatic N) is 4. The molecule has 0 saturated carbocycles. The highest BCUT2D eigenvalue weighted by atomic mass is 16.5. The molecule has 9 aromatic carbocycles. The summed E-state index contributed by atoms with van der Waals surface area (Å²) in [6.45, 7) is 62.4. The average molecular weight is 2040 g/mol.